The lowest BCUT2D eigenvalue weighted by Crippen LogP contribution is -2.10. The van der Waals surface area contributed by atoms with Crippen molar-refractivity contribution < 1.29 is 4.52 Å². The van der Waals surface area contributed by atoms with E-state index in [1.807, 2.05) is 37.3 Å². The highest BCUT2D eigenvalue weighted by molar-refractivity contribution is 6.30. The van der Waals surface area contributed by atoms with Gasteiger partial charge in [-0.1, -0.05) is 47.1 Å². The SMILES string of the molecule is C[C@H](Nc1ncc(Cl)cn1)c1noc(Cc2ccccc2)n1. The number of rotatable bonds is 5. The lowest BCUT2D eigenvalue weighted by Gasteiger charge is -2.08. The van der Waals surface area contributed by atoms with Gasteiger partial charge in [-0.3, -0.25) is 0 Å². The molecule has 22 heavy (non-hydrogen) atoms. The zero-order valence-electron chi connectivity index (χ0n) is 11.9. The van der Waals surface area contributed by atoms with Crippen LogP contribution in [-0.4, -0.2) is 20.1 Å². The van der Waals surface area contributed by atoms with Crippen LogP contribution in [0, 0.1) is 0 Å². The Morgan fingerprint density at radius 3 is 2.64 bits per heavy atom. The predicted molar refractivity (Wildman–Crippen MR) is 82.6 cm³/mol. The van der Waals surface area contributed by atoms with E-state index in [1.165, 1.54) is 12.4 Å². The standard InChI is InChI=1S/C15H14ClN5O/c1-10(19-15-17-8-12(16)9-18-15)14-20-13(22-21-14)7-11-5-3-2-4-6-11/h2-6,8-10H,7H2,1H3,(H,17,18,19)/t10-/m0/s1. The molecular formula is C15H14ClN5O. The Morgan fingerprint density at radius 2 is 1.91 bits per heavy atom. The summed E-state index contributed by atoms with van der Waals surface area (Å²) in [6.07, 6.45) is 3.67. The summed E-state index contributed by atoms with van der Waals surface area (Å²) < 4.78 is 5.28. The van der Waals surface area contributed by atoms with E-state index in [-0.39, 0.29) is 6.04 Å². The molecule has 0 amide bonds. The van der Waals surface area contributed by atoms with E-state index in [0.29, 0.717) is 29.1 Å². The van der Waals surface area contributed by atoms with E-state index < -0.39 is 0 Å². The van der Waals surface area contributed by atoms with Crippen molar-refractivity contribution in [3.05, 3.63) is 65.0 Å². The molecule has 2 heterocycles. The summed E-state index contributed by atoms with van der Waals surface area (Å²) in [5, 5.41) is 7.58. The first-order valence-electron chi connectivity index (χ1n) is 6.81. The minimum atomic E-state index is -0.172. The number of anilines is 1. The molecule has 112 valence electrons. The number of hydrogen-bond donors (Lipinski definition) is 1. The van der Waals surface area contributed by atoms with Gasteiger partial charge in [-0.25, -0.2) is 9.97 Å². The van der Waals surface area contributed by atoms with Gasteiger partial charge in [0.1, 0.15) is 0 Å². The summed E-state index contributed by atoms with van der Waals surface area (Å²) in [4.78, 5) is 12.6. The minimum absolute atomic E-state index is 0.172. The van der Waals surface area contributed by atoms with Gasteiger partial charge in [0.15, 0.2) is 5.82 Å². The second-order valence-electron chi connectivity index (χ2n) is 4.80. The Hall–Kier alpha value is -2.47. The molecular weight excluding hydrogens is 302 g/mol. The zero-order chi connectivity index (χ0) is 15.4. The second kappa shape index (κ2) is 6.53. The molecule has 0 saturated carbocycles. The molecule has 0 radical (unpaired) electrons. The van der Waals surface area contributed by atoms with Crippen molar-refractivity contribution in [3.63, 3.8) is 0 Å². The molecule has 3 aromatic rings. The fourth-order valence-corrected chi connectivity index (χ4v) is 2.03. The topological polar surface area (TPSA) is 76.7 Å². The predicted octanol–water partition coefficient (Wildman–Crippen LogP) is 3.28. The molecule has 1 atom stereocenters. The average Bonchev–Trinajstić information content (AvgIpc) is 2.99. The summed E-state index contributed by atoms with van der Waals surface area (Å²) >= 11 is 5.75. The average molecular weight is 316 g/mol. The first-order valence-corrected chi connectivity index (χ1v) is 7.19. The van der Waals surface area contributed by atoms with Crippen LogP contribution in [0.1, 0.15) is 30.2 Å². The van der Waals surface area contributed by atoms with E-state index >= 15 is 0 Å². The fraction of sp³-hybridized carbons (Fsp3) is 0.200. The number of benzene rings is 1. The smallest absolute Gasteiger partial charge is 0.231 e. The van der Waals surface area contributed by atoms with Crippen molar-refractivity contribution in [2.45, 2.75) is 19.4 Å². The van der Waals surface area contributed by atoms with Crippen molar-refractivity contribution in [2.75, 3.05) is 5.32 Å². The highest BCUT2D eigenvalue weighted by atomic mass is 35.5. The Bertz CT molecular complexity index is 729. The fourth-order valence-electron chi connectivity index (χ4n) is 1.93. The molecule has 0 saturated heterocycles. The molecule has 0 spiro atoms. The molecule has 0 fully saturated rings. The molecule has 6 nitrogen and oxygen atoms in total. The van der Waals surface area contributed by atoms with Crippen molar-refractivity contribution in [1.29, 1.82) is 0 Å². The van der Waals surface area contributed by atoms with E-state index in [2.05, 4.69) is 25.4 Å². The third-order valence-electron chi connectivity index (χ3n) is 3.04. The summed E-state index contributed by atoms with van der Waals surface area (Å²) in [6.45, 7) is 1.91. The monoisotopic (exact) mass is 315 g/mol. The van der Waals surface area contributed by atoms with Crippen LogP contribution in [-0.2, 0) is 6.42 Å². The first kappa shape index (κ1) is 14.5. The van der Waals surface area contributed by atoms with Crippen molar-refractivity contribution in [3.8, 4) is 0 Å². The molecule has 3 rings (SSSR count). The highest BCUT2D eigenvalue weighted by Gasteiger charge is 2.14. The summed E-state index contributed by atoms with van der Waals surface area (Å²) in [6, 6.07) is 9.80. The van der Waals surface area contributed by atoms with Gasteiger partial charge in [-0.2, -0.15) is 4.98 Å². The Labute approximate surface area is 132 Å². The van der Waals surface area contributed by atoms with Gasteiger partial charge in [0.2, 0.25) is 11.8 Å². The third kappa shape index (κ3) is 3.59. The van der Waals surface area contributed by atoms with Gasteiger partial charge in [-0.15, -0.1) is 0 Å². The second-order valence-corrected chi connectivity index (χ2v) is 5.24. The first-order chi connectivity index (χ1) is 10.7. The molecule has 0 aliphatic carbocycles. The zero-order valence-corrected chi connectivity index (χ0v) is 12.7. The van der Waals surface area contributed by atoms with Crippen LogP contribution in [0.2, 0.25) is 5.02 Å². The normalized spacial score (nSPS) is 12.1. The van der Waals surface area contributed by atoms with Gasteiger partial charge in [0, 0.05) is 0 Å². The molecule has 0 aliphatic rings. The molecule has 0 bridgehead atoms. The maximum absolute atomic E-state index is 5.75. The quantitative estimate of drug-likeness (QED) is 0.778. The van der Waals surface area contributed by atoms with E-state index in [1.54, 1.807) is 0 Å². The molecule has 2 aromatic heterocycles. The molecule has 0 unspecified atom stereocenters. The number of hydrogen-bond acceptors (Lipinski definition) is 6. The molecule has 1 aromatic carbocycles. The minimum Gasteiger partial charge on any atom is -0.344 e. The van der Waals surface area contributed by atoms with Gasteiger partial charge in [-0.05, 0) is 12.5 Å². The van der Waals surface area contributed by atoms with Gasteiger partial charge < -0.3 is 9.84 Å². The van der Waals surface area contributed by atoms with E-state index in [0.717, 1.165) is 5.56 Å². The van der Waals surface area contributed by atoms with Gasteiger partial charge in [0.05, 0.1) is 29.9 Å². The van der Waals surface area contributed by atoms with Crippen LogP contribution >= 0.6 is 11.6 Å². The van der Waals surface area contributed by atoms with Crippen LogP contribution in [0.3, 0.4) is 0 Å². The Morgan fingerprint density at radius 1 is 1.18 bits per heavy atom. The van der Waals surface area contributed by atoms with Crippen molar-refractivity contribution >= 4 is 17.5 Å². The third-order valence-corrected chi connectivity index (χ3v) is 3.23. The van der Waals surface area contributed by atoms with Crippen molar-refractivity contribution in [2.24, 2.45) is 0 Å². The maximum atomic E-state index is 5.75. The summed E-state index contributed by atoms with van der Waals surface area (Å²) in [5.74, 6) is 1.60. The van der Waals surface area contributed by atoms with Crippen LogP contribution < -0.4 is 5.32 Å². The lowest BCUT2D eigenvalue weighted by molar-refractivity contribution is 0.377. The summed E-state index contributed by atoms with van der Waals surface area (Å²) in [7, 11) is 0. The maximum Gasteiger partial charge on any atom is 0.231 e. The number of halogens is 1. The van der Waals surface area contributed by atoms with Crippen LogP contribution in [0.25, 0.3) is 0 Å². The Kier molecular flexibility index (Phi) is 4.29. The van der Waals surface area contributed by atoms with Crippen LogP contribution in [0.15, 0.2) is 47.2 Å². The van der Waals surface area contributed by atoms with Crippen LogP contribution in [0.5, 0.6) is 0 Å². The van der Waals surface area contributed by atoms with E-state index in [4.69, 9.17) is 16.1 Å². The number of aromatic nitrogens is 4. The van der Waals surface area contributed by atoms with Crippen LogP contribution in [0.4, 0.5) is 5.95 Å². The summed E-state index contributed by atoms with van der Waals surface area (Å²) in [5.41, 5.74) is 1.12. The van der Waals surface area contributed by atoms with Gasteiger partial charge in [0.25, 0.3) is 0 Å². The van der Waals surface area contributed by atoms with Crippen molar-refractivity contribution in [1.82, 2.24) is 20.1 Å². The number of nitrogens with one attached hydrogen (secondary N) is 1. The largest absolute Gasteiger partial charge is 0.344 e. The molecule has 7 heteroatoms. The van der Waals surface area contributed by atoms with E-state index in [9.17, 15) is 0 Å². The number of nitrogens with zero attached hydrogens (tertiary/aromatic N) is 4. The molecule has 0 aliphatic heterocycles. The Balaban J connectivity index is 1.66. The van der Waals surface area contributed by atoms with Gasteiger partial charge >= 0.3 is 0 Å². The molecule has 1 N–H and O–H groups in total. The lowest BCUT2D eigenvalue weighted by atomic mass is 10.1. The highest BCUT2D eigenvalue weighted by Crippen LogP contribution is 2.16.